The Labute approximate surface area is 171 Å². The van der Waals surface area contributed by atoms with Crippen LogP contribution in [0.2, 0.25) is 0 Å². The number of carbonyl (C=O) groups excluding carboxylic acids is 1. The number of carboxylic acids is 1. The van der Waals surface area contributed by atoms with Gasteiger partial charge in [-0.2, -0.15) is 0 Å². The van der Waals surface area contributed by atoms with Crippen LogP contribution in [-0.4, -0.2) is 30.8 Å². The van der Waals surface area contributed by atoms with Crippen LogP contribution in [0, 0.1) is 5.92 Å². The van der Waals surface area contributed by atoms with Gasteiger partial charge in [0.2, 0.25) is 0 Å². The number of aromatic carboxylic acids is 1. The summed E-state index contributed by atoms with van der Waals surface area (Å²) in [6.45, 7) is 4.96. The van der Waals surface area contributed by atoms with Gasteiger partial charge in [0, 0.05) is 6.07 Å². The highest BCUT2D eigenvalue weighted by atomic mass is 16.5. The second-order valence-electron chi connectivity index (χ2n) is 6.81. The van der Waals surface area contributed by atoms with Crippen LogP contribution in [0.15, 0.2) is 42.5 Å². The first-order valence-electron chi connectivity index (χ1n) is 9.84. The summed E-state index contributed by atoms with van der Waals surface area (Å²) >= 11 is 0. The fourth-order valence-electron chi connectivity index (χ4n) is 2.87. The van der Waals surface area contributed by atoms with Crippen LogP contribution in [0.4, 0.5) is 0 Å². The van der Waals surface area contributed by atoms with Crippen molar-refractivity contribution < 1.29 is 28.9 Å². The van der Waals surface area contributed by atoms with Gasteiger partial charge in [-0.15, -0.1) is 0 Å². The number of benzene rings is 2. The van der Waals surface area contributed by atoms with E-state index < -0.39 is 11.9 Å². The van der Waals surface area contributed by atoms with Crippen molar-refractivity contribution in [2.75, 3.05) is 13.7 Å². The third-order valence-electron chi connectivity index (χ3n) is 4.73. The molecule has 0 fully saturated rings. The topological polar surface area (TPSA) is 82.1 Å². The molecule has 0 radical (unpaired) electrons. The minimum atomic E-state index is -1.04. The molecule has 0 spiro atoms. The highest BCUT2D eigenvalue weighted by molar-refractivity contribution is 5.94. The summed E-state index contributed by atoms with van der Waals surface area (Å²) < 4.78 is 16.6. The van der Waals surface area contributed by atoms with Gasteiger partial charge in [-0.25, -0.2) is 9.59 Å². The Morgan fingerprint density at radius 2 is 1.72 bits per heavy atom. The normalized spacial score (nSPS) is 11.6. The van der Waals surface area contributed by atoms with Gasteiger partial charge in [0.25, 0.3) is 0 Å². The van der Waals surface area contributed by atoms with E-state index in [-0.39, 0.29) is 16.9 Å². The second-order valence-corrected chi connectivity index (χ2v) is 6.81. The van der Waals surface area contributed by atoms with Crippen LogP contribution in [0.5, 0.6) is 17.2 Å². The van der Waals surface area contributed by atoms with Crippen LogP contribution in [-0.2, 0) is 0 Å². The van der Waals surface area contributed by atoms with Crippen molar-refractivity contribution >= 4 is 11.9 Å². The number of methoxy groups -OCH3 is 1. The lowest BCUT2D eigenvalue weighted by Gasteiger charge is -2.16. The van der Waals surface area contributed by atoms with E-state index in [1.54, 1.807) is 18.2 Å². The molecule has 0 aliphatic heterocycles. The van der Waals surface area contributed by atoms with Crippen LogP contribution < -0.4 is 14.2 Å². The van der Waals surface area contributed by atoms with E-state index in [2.05, 4.69) is 13.8 Å². The molecule has 6 heteroatoms. The van der Waals surface area contributed by atoms with Crippen molar-refractivity contribution in [1.82, 2.24) is 0 Å². The summed E-state index contributed by atoms with van der Waals surface area (Å²) in [5, 5.41) is 8.93. The van der Waals surface area contributed by atoms with Gasteiger partial charge in [-0.3, -0.25) is 0 Å². The van der Waals surface area contributed by atoms with Gasteiger partial charge < -0.3 is 19.3 Å². The monoisotopic (exact) mass is 400 g/mol. The van der Waals surface area contributed by atoms with Crippen molar-refractivity contribution in [3.63, 3.8) is 0 Å². The van der Waals surface area contributed by atoms with Gasteiger partial charge in [0.05, 0.1) is 19.3 Å². The molecule has 1 N–H and O–H groups in total. The van der Waals surface area contributed by atoms with E-state index in [1.807, 2.05) is 0 Å². The van der Waals surface area contributed by atoms with Crippen molar-refractivity contribution in [3.05, 3.63) is 53.6 Å². The van der Waals surface area contributed by atoms with Crippen molar-refractivity contribution in [2.45, 2.75) is 39.5 Å². The van der Waals surface area contributed by atoms with Gasteiger partial charge in [0.15, 0.2) is 0 Å². The zero-order valence-electron chi connectivity index (χ0n) is 17.1. The fraction of sp³-hybridized carbons (Fsp3) is 0.391. The standard InChI is InChI=1S/C23H28O6/c1-4-6-7-16(5-2)15-28-19-12-13-20(21(14-19)27-3)23(26)29-18-10-8-17(9-11-18)22(24)25/h8-14,16H,4-7,15H2,1-3H3,(H,24,25). The predicted molar refractivity (Wildman–Crippen MR) is 110 cm³/mol. The molecule has 0 aromatic heterocycles. The first kappa shape index (κ1) is 22.3. The minimum Gasteiger partial charge on any atom is -0.496 e. The molecule has 0 amide bonds. The Morgan fingerprint density at radius 1 is 1.03 bits per heavy atom. The number of esters is 1. The largest absolute Gasteiger partial charge is 0.496 e. The van der Waals surface area contributed by atoms with Crippen molar-refractivity contribution in [3.8, 4) is 17.2 Å². The average molecular weight is 400 g/mol. The van der Waals surface area contributed by atoms with Crippen molar-refractivity contribution in [1.29, 1.82) is 0 Å². The molecule has 0 bridgehead atoms. The first-order valence-corrected chi connectivity index (χ1v) is 9.84. The smallest absolute Gasteiger partial charge is 0.347 e. The first-order chi connectivity index (χ1) is 14.0. The minimum absolute atomic E-state index is 0.119. The summed E-state index contributed by atoms with van der Waals surface area (Å²) in [5.41, 5.74) is 0.383. The summed E-state index contributed by atoms with van der Waals surface area (Å²) in [6.07, 6.45) is 4.54. The average Bonchev–Trinajstić information content (AvgIpc) is 2.74. The fourth-order valence-corrected chi connectivity index (χ4v) is 2.87. The molecule has 2 rings (SSSR count). The molecule has 6 nitrogen and oxygen atoms in total. The highest BCUT2D eigenvalue weighted by Crippen LogP contribution is 2.27. The van der Waals surface area contributed by atoms with Crippen LogP contribution in [0.3, 0.4) is 0 Å². The van der Waals surface area contributed by atoms with E-state index in [9.17, 15) is 9.59 Å². The predicted octanol–water partition coefficient (Wildman–Crippen LogP) is 5.21. The lowest BCUT2D eigenvalue weighted by atomic mass is 10.0. The van der Waals surface area contributed by atoms with E-state index >= 15 is 0 Å². The Morgan fingerprint density at radius 3 is 2.31 bits per heavy atom. The molecule has 0 aliphatic rings. The maximum absolute atomic E-state index is 12.5. The second kappa shape index (κ2) is 11.1. The number of carbonyl (C=O) groups is 2. The quantitative estimate of drug-likeness (QED) is 0.412. The summed E-state index contributed by atoms with van der Waals surface area (Å²) in [5.74, 6) is 0.116. The highest BCUT2D eigenvalue weighted by Gasteiger charge is 2.17. The van der Waals surface area contributed by atoms with Crippen LogP contribution >= 0.6 is 0 Å². The molecule has 156 valence electrons. The van der Waals surface area contributed by atoms with Gasteiger partial charge >= 0.3 is 11.9 Å². The Balaban J connectivity index is 2.05. The molecule has 1 atom stereocenters. The molecule has 0 heterocycles. The van der Waals surface area contributed by atoms with Gasteiger partial charge in [-0.05, 0) is 48.7 Å². The van der Waals surface area contributed by atoms with E-state index in [0.717, 1.165) is 12.8 Å². The number of carboxylic acid groups (broad SMARTS) is 1. The molecule has 29 heavy (non-hydrogen) atoms. The lowest BCUT2D eigenvalue weighted by molar-refractivity contribution is 0.0696. The van der Waals surface area contributed by atoms with Gasteiger partial charge in [-0.1, -0.05) is 33.1 Å². The SMILES string of the molecule is CCCCC(CC)COc1ccc(C(=O)Oc2ccc(C(=O)O)cc2)c(OC)c1. The maximum Gasteiger partial charge on any atom is 0.347 e. The maximum atomic E-state index is 12.5. The molecule has 2 aromatic rings. The number of rotatable bonds is 11. The van der Waals surface area contributed by atoms with Gasteiger partial charge in [0.1, 0.15) is 22.8 Å². The number of hydrogen-bond donors (Lipinski definition) is 1. The Kier molecular flexibility index (Phi) is 8.52. The third kappa shape index (κ3) is 6.52. The van der Waals surface area contributed by atoms with E-state index in [0.29, 0.717) is 24.0 Å². The number of hydrogen-bond acceptors (Lipinski definition) is 5. The van der Waals surface area contributed by atoms with Crippen molar-refractivity contribution in [2.24, 2.45) is 5.92 Å². The molecular formula is C23H28O6. The summed E-state index contributed by atoms with van der Waals surface area (Å²) in [7, 11) is 1.48. The summed E-state index contributed by atoms with van der Waals surface area (Å²) in [6, 6.07) is 10.6. The van der Waals surface area contributed by atoms with E-state index in [4.69, 9.17) is 19.3 Å². The lowest BCUT2D eigenvalue weighted by Crippen LogP contribution is -2.13. The molecule has 0 aliphatic carbocycles. The molecule has 0 saturated carbocycles. The zero-order valence-corrected chi connectivity index (χ0v) is 17.1. The molecular weight excluding hydrogens is 372 g/mol. The van der Waals surface area contributed by atoms with Crippen LogP contribution in [0.25, 0.3) is 0 Å². The molecule has 2 aromatic carbocycles. The summed E-state index contributed by atoms with van der Waals surface area (Å²) in [4.78, 5) is 23.4. The van der Waals surface area contributed by atoms with E-state index in [1.165, 1.54) is 44.2 Å². The molecule has 0 saturated heterocycles. The Bertz CT molecular complexity index is 813. The number of unbranched alkanes of at least 4 members (excludes halogenated alkanes) is 1. The third-order valence-corrected chi connectivity index (χ3v) is 4.73. The van der Waals surface area contributed by atoms with Crippen LogP contribution in [0.1, 0.15) is 60.2 Å². The number of ether oxygens (including phenoxy) is 3. The zero-order chi connectivity index (χ0) is 21.2. The molecule has 1 unspecified atom stereocenters. The Hall–Kier alpha value is -3.02.